The molecule has 0 heterocycles. The summed E-state index contributed by atoms with van der Waals surface area (Å²) in [6, 6.07) is 8.32. The van der Waals surface area contributed by atoms with Gasteiger partial charge in [0.15, 0.2) is 0 Å². The largest absolute Gasteiger partial charge is 0.143 e. The molecule has 16 heavy (non-hydrogen) atoms. The van der Waals surface area contributed by atoms with E-state index in [9.17, 15) is 0 Å². The molecule has 0 atom stereocenters. The number of thiol groups is 1. The van der Waals surface area contributed by atoms with Crippen LogP contribution in [0, 0.1) is 6.92 Å². The molecular weight excluding hydrogens is 212 g/mol. The monoisotopic (exact) mass is 230 g/mol. The van der Waals surface area contributed by atoms with Crippen molar-refractivity contribution in [1.82, 2.24) is 0 Å². The summed E-state index contributed by atoms with van der Waals surface area (Å²) in [5.41, 5.74) is 4.59. The average molecular weight is 230 g/mol. The van der Waals surface area contributed by atoms with Crippen LogP contribution in [0.2, 0.25) is 0 Å². The van der Waals surface area contributed by atoms with Gasteiger partial charge in [-0.1, -0.05) is 43.0 Å². The molecule has 0 aliphatic heterocycles. The third kappa shape index (κ3) is 2.89. The minimum absolute atomic E-state index is 0.951. The van der Waals surface area contributed by atoms with Gasteiger partial charge in [-0.2, -0.15) is 0 Å². The first kappa shape index (κ1) is 12.9. The van der Waals surface area contributed by atoms with Gasteiger partial charge in [0.05, 0.1) is 0 Å². The third-order valence-electron chi connectivity index (χ3n) is 2.43. The first-order valence-electron chi connectivity index (χ1n) is 5.35. The zero-order chi connectivity index (χ0) is 12.1. The van der Waals surface area contributed by atoms with Crippen LogP contribution in [0.4, 0.5) is 0 Å². The lowest BCUT2D eigenvalue weighted by atomic mass is 9.98. The molecule has 84 valence electrons. The minimum Gasteiger partial charge on any atom is -0.143 e. The summed E-state index contributed by atoms with van der Waals surface area (Å²) < 4.78 is 0. The van der Waals surface area contributed by atoms with Crippen molar-refractivity contribution in [2.45, 2.75) is 20.8 Å². The molecule has 0 spiro atoms. The molecule has 0 N–H and O–H groups in total. The third-order valence-corrected chi connectivity index (χ3v) is 3.05. The molecule has 0 radical (unpaired) electrons. The second kappa shape index (κ2) is 5.76. The molecule has 1 rings (SSSR count). The molecule has 0 unspecified atom stereocenters. The van der Waals surface area contributed by atoms with Crippen molar-refractivity contribution in [3.8, 4) is 0 Å². The van der Waals surface area contributed by atoms with Crippen molar-refractivity contribution >= 4 is 18.2 Å². The van der Waals surface area contributed by atoms with Gasteiger partial charge in [-0.25, -0.2) is 0 Å². The molecular formula is C15H18S. The summed E-state index contributed by atoms with van der Waals surface area (Å²) in [5, 5.41) is 0. The van der Waals surface area contributed by atoms with Crippen molar-refractivity contribution < 1.29 is 0 Å². The molecule has 0 nitrogen and oxygen atoms in total. The Morgan fingerprint density at radius 2 is 1.94 bits per heavy atom. The van der Waals surface area contributed by atoms with Crippen LogP contribution < -0.4 is 0 Å². The Labute approximate surface area is 104 Å². The number of hydrogen-bond donors (Lipinski definition) is 1. The van der Waals surface area contributed by atoms with Gasteiger partial charge in [0, 0.05) is 4.91 Å². The van der Waals surface area contributed by atoms with Crippen LogP contribution in [0.1, 0.15) is 25.0 Å². The van der Waals surface area contributed by atoms with Gasteiger partial charge in [0.1, 0.15) is 0 Å². The van der Waals surface area contributed by atoms with Crippen LogP contribution in [0.25, 0.3) is 5.57 Å². The molecule has 0 aromatic heterocycles. The highest BCUT2D eigenvalue weighted by Crippen LogP contribution is 2.28. The van der Waals surface area contributed by atoms with Gasteiger partial charge in [0.25, 0.3) is 0 Å². The first-order chi connectivity index (χ1) is 7.57. The molecule has 1 aromatic rings. The van der Waals surface area contributed by atoms with Gasteiger partial charge >= 0.3 is 0 Å². The molecule has 0 aliphatic rings. The maximum atomic E-state index is 4.54. The van der Waals surface area contributed by atoms with Crippen molar-refractivity contribution in [3.05, 3.63) is 64.6 Å². The van der Waals surface area contributed by atoms with E-state index in [0.29, 0.717) is 0 Å². The molecule has 0 aliphatic carbocycles. The molecule has 0 bridgehead atoms. The summed E-state index contributed by atoms with van der Waals surface area (Å²) in [6.45, 7) is 10.0. The van der Waals surface area contributed by atoms with Crippen LogP contribution in [0.5, 0.6) is 0 Å². The SMILES string of the molecule is C=C(C)/C(S)=C(\C=C/C)c1ccccc1C. The standard InChI is InChI=1S/C15H18S/c1-5-8-14(15(16)11(2)3)13-10-7-6-9-12(13)4/h5-10,16H,2H2,1,3-4H3/b8-5-,15-14-. The maximum Gasteiger partial charge on any atom is 0.0142 e. The Balaban J connectivity index is 3.40. The van der Waals surface area contributed by atoms with E-state index in [1.54, 1.807) is 0 Å². The Kier molecular flexibility index (Phi) is 4.63. The molecule has 0 amide bonds. The normalized spacial score (nSPS) is 12.8. The van der Waals surface area contributed by atoms with E-state index in [4.69, 9.17) is 0 Å². The molecule has 0 saturated carbocycles. The van der Waals surface area contributed by atoms with Crippen LogP contribution in [0.3, 0.4) is 0 Å². The number of hydrogen-bond acceptors (Lipinski definition) is 1. The molecule has 1 aromatic carbocycles. The quantitative estimate of drug-likeness (QED) is 0.560. The van der Waals surface area contributed by atoms with Crippen molar-refractivity contribution in [1.29, 1.82) is 0 Å². The highest BCUT2D eigenvalue weighted by atomic mass is 32.1. The molecule has 0 fully saturated rings. The van der Waals surface area contributed by atoms with Crippen molar-refractivity contribution in [3.63, 3.8) is 0 Å². The number of rotatable bonds is 3. The van der Waals surface area contributed by atoms with E-state index in [1.807, 2.05) is 32.1 Å². The molecule has 0 saturated heterocycles. The molecule has 1 heteroatoms. The second-order valence-corrected chi connectivity index (χ2v) is 4.30. The number of benzene rings is 1. The fraction of sp³-hybridized carbons (Fsp3) is 0.200. The Morgan fingerprint density at radius 1 is 1.31 bits per heavy atom. The summed E-state index contributed by atoms with van der Waals surface area (Å²) in [7, 11) is 0. The van der Waals surface area contributed by atoms with E-state index in [2.05, 4.69) is 44.3 Å². The lowest BCUT2D eigenvalue weighted by molar-refractivity contribution is 1.41. The van der Waals surface area contributed by atoms with Gasteiger partial charge < -0.3 is 0 Å². The summed E-state index contributed by atoms with van der Waals surface area (Å²) >= 11 is 4.54. The zero-order valence-corrected chi connectivity index (χ0v) is 11.0. The van der Waals surface area contributed by atoms with Crippen molar-refractivity contribution in [2.75, 3.05) is 0 Å². The highest BCUT2D eigenvalue weighted by Gasteiger charge is 2.06. The second-order valence-electron chi connectivity index (χ2n) is 3.86. The zero-order valence-electron chi connectivity index (χ0n) is 10.1. The van der Waals surface area contributed by atoms with E-state index < -0.39 is 0 Å². The average Bonchev–Trinajstić information content (AvgIpc) is 2.26. The van der Waals surface area contributed by atoms with Crippen LogP contribution in [0.15, 0.2) is 53.5 Å². The summed E-state index contributed by atoms with van der Waals surface area (Å²) in [4.78, 5) is 0.951. The highest BCUT2D eigenvalue weighted by molar-refractivity contribution is 7.85. The van der Waals surface area contributed by atoms with E-state index in [1.165, 1.54) is 11.1 Å². The van der Waals surface area contributed by atoms with Crippen molar-refractivity contribution in [2.24, 2.45) is 0 Å². The Hall–Kier alpha value is -1.21. The Morgan fingerprint density at radius 3 is 2.44 bits per heavy atom. The van der Waals surface area contributed by atoms with Gasteiger partial charge in [-0.3, -0.25) is 0 Å². The smallest absolute Gasteiger partial charge is 0.0142 e. The number of aryl methyl sites for hydroxylation is 1. The van der Waals surface area contributed by atoms with E-state index >= 15 is 0 Å². The van der Waals surface area contributed by atoms with E-state index in [-0.39, 0.29) is 0 Å². The first-order valence-corrected chi connectivity index (χ1v) is 5.80. The van der Waals surface area contributed by atoms with E-state index in [0.717, 1.165) is 16.1 Å². The summed E-state index contributed by atoms with van der Waals surface area (Å²) in [6.07, 6.45) is 4.11. The van der Waals surface area contributed by atoms with Gasteiger partial charge in [-0.15, -0.1) is 12.6 Å². The van der Waals surface area contributed by atoms with Crippen LogP contribution >= 0.6 is 12.6 Å². The fourth-order valence-electron chi connectivity index (χ4n) is 1.57. The maximum absolute atomic E-state index is 4.54. The van der Waals surface area contributed by atoms with Gasteiger partial charge in [-0.05, 0) is 43.0 Å². The van der Waals surface area contributed by atoms with Crippen LogP contribution in [-0.2, 0) is 0 Å². The predicted octanol–water partition coefficient (Wildman–Crippen LogP) is 4.79. The lowest BCUT2D eigenvalue weighted by Crippen LogP contribution is -1.89. The fourth-order valence-corrected chi connectivity index (χ4v) is 1.76. The topological polar surface area (TPSA) is 0 Å². The lowest BCUT2D eigenvalue weighted by Gasteiger charge is -2.10. The van der Waals surface area contributed by atoms with Crippen LogP contribution in [-0.4, -0.2) is 0 Å². The minimum atomic E-state index is 0.951. The predicted molar refractivity (Wildman–Crippen MR) is 76.7 cm³/mol. The Bertz CT molecular complexity index is 450. The van der Waals surface area contributed by atoms with Gasteiger partial charge in [0.2, 0.25) is 0 Å². The summed E-state index contributed by atoms with van der Waals surface area (Å²) in [5.74, 6) is 0. The number of allylic oxidation sites excluding steroid dienone is 4.